The van der Waals surface area contributed by atoms with Crippen LogP contribution in [0.15, 0.2) is 59.0 Å². The summed E-state index contributed by atoms with van der Waals surface area (Å²) < 4.78 is 11.3. The number of benzene rings is 2. The van der Waals surface area contributed by atoms with Gasteiger partial charge in [-0.2, -0.15) is 0 Å². The number of carbonyl (C=O) groups excluding carboxylic acids is 1. The van der Waals surface area contributed by atoms with Gasteiger partial charge in [-0.05, 0) is 41.6 Å². The fourth-order valence-electron chi connectivity index (χ4n) is 2.52. The summed E-state index contributed by atoms with van der Waals surface area (Å²) in [7, 11) is 0. The third kappa shape index (κ3) is 4.61. The monoisotopic (exact) mass is 338 g/mol. The van der Waals surface area contributed by atoms with E-state index in [0.717, 1.165) is 24.2 Å². The minimum Gasteiger partial charge on any atom is -0.486 e. The first-order valence-corrected chi connectivity index (χ1v) is 8.45. The number of amides is 1. The number of hydrogen-bond acceptors (Lipinski definition) is 4. The van der Waals surface area contributed by atoms with Crippen molar-refractivity contribution >= 4 is 16.7 Å². The largest absolute Gasteiger partial charge is 0.486 e. The normalized spacial score (nSPS) is 10.8. The fourth-order valence-corrected chi connectivity index (χ4v) is 2.52. The average Bonchev–Trinajstić information content (AvgIpc) is 3.12. The van der Waals surface area contributed by atoms with Gasteiger partial charge in [0.2, 0.25) is 0 Å². The van der Waals surface area contributed by atoms with Gasteiger partial charge in [0, 0.05) is 13.1 Å². The molecule has 5 heteroatoms. The van der Waals surface area contributed by atoms with Gasteiger partial charge in [0.15, 0.2) is 5.76 Å². The van der Waals surface area contributed by atoms with Gasteiger partial charge in [0.1, 0.15) is 18.1 Å². The Hall–Kier alpha value is -2.79. The molecule has 0 radical (unpaired) electrons. The molecule has 0 aliphatic carbocycles. The standard InChI is InChI=1S/C20H22N2O3/c1-2-21-11-12-22-20(23)19-10-9-18(25-19)14-24-17-8-7-15-5-3-4-6-16(15)13-17/h3-10,13,21H,2,11-12,14H2,1H3,(H,22,23). The van der Waals surface area contributed by atoms with Crippen LogP contribution in [0.3, 0.4) is 0 Å². The van der Waals surface area contributed by atoms with Crippen molar-refractivity contribution in [3.05, 3.63) is 66.1 Å². The SMILES string of the molecule is CCNCCNC(=O)c1ccc(COc2ccc3ccccc3c2)o1. The molecule has 2 N–H and O–H groups in total. The van der Waals surface area contributed by atoms with Crippen LogP contribution in [0.4, 0.5) is 0 Å². The Kier molecular flexibility index (Phi) is 5.69. The number of hydrogen-bond donors (Lipinski definition) is 2. The molecule has 0 unspecified atom stereocenters. The van der Waals surface area contributed by atoms with E-state index >= 15 is 0 Å². The summed E-state index contributed by atoms with van der Waals surface area (Å²) in [6.45, 7) is 4.49. The van der Waals surface area contributed by atoms with E-state index in [1.165, 1.54) is 5.39 Å². The second-order valence-electron chi connectivity index (χ2n) is 5.67. The lowest BCUT2D eigenvalue weighted by Crippen LogP contribution is -2.31. The van der Waals surface area contributed by atoms with Crippen LogP contribution in [0.25, 0.3) is 10.8 Å². The maximum atomic E-state index is 12.0. The van der Waals surface area contributed by atoms with Gasteiger partial charge in [-0.25, -0.2) is 0 Å². The zero-order valence-electron chi connectivity index (χ0n) is 14.2. The summed E-state index contributed by atoms with van der Waals surface area (Å²) in [5.41, 5.74) is 0. The van der Waals surface area contributed by atoms with Crippen molar-refractivity contribution in [3.8, 4) is 5.75 Å². The predicted octanol–water partition coefficient (Wildman–Crippen LogP) is 3.35. The van der Waals surface area contributed by atoms with E-state index in [-0.39, 0.29) is 12.5 Å². The van der Waals surface area contributed by atoms with Crippen LogP contribution in [0.2, 0.25) is 0 Å². The lowest BCUT2D eigenvalue weighted by molar-refractivity contribution is 0.0922. The number of fused-ring (bicyclic) bond motifs is 1. The summed E-state index contributed by atoms with van der Waals surface area (Å²) in [6.07, 6.45) is 0. The van der Waals surface area contributed by atoms with Crippen molar-refractivity contribution in [1.29, 1.82) is 0 Å². The topological polar surface area (TPSA) is 63.5 Å². The molecule has 1 aromatic heterocycles. The highest BCUT2D eigenvalue weighted by atomic mass is 16.5. The van der Waals surface area contributed by atoms with E-state index in [1.807, 2.05) is 43.3 Å². The summed E-state index contributed by atoms with van der Waals surface area (Å²) in [4.78, 5) is 12.0. The number of nitrogens with one attached hydrogen (secondary N) is 2. The third-order valence-corrected chi connectivity index (χ3v) is 3.82. The zero-order valence-corrected chi connectivity index (χ0v) is 14.2. The van der Waals surface area contributed by atoms with Gasteiger partial charge in [0.25, 0.3) is 5.91 Å². The van der Waals surface area contributed by atoms with Gasteiger partial charge in [-0.15, -0.1) is 0 Å². The van der Waals surface area contributed by atoms with E-state index in [1.54, 1.807) is 12.1 Å². The molecule has 0 atom stereocenters. The summed E-state index contributed by atoms with van der Waals surface area (Å²) >= 11 is 0. The number of carbonyl (C=O) groups is 1. The molecule has 1 heterocycles. The van der Waals surface area contributed by atoms with Crippen molar-refractivity contribution in [2.45, 2.75) is 13.5 Å². The van der Waals surface area contributed by atoms with E-state index in [2.05, 4.69) is 16.7 Å². The van der Waals surface area contributed by atoms with Gasteiger partial charge in [0.05, 0.1) is 0 Å². The molecular formula is C20H22N2O3. The van der Waals surface area contributed by atoms with Gasteiger partial charge in [-0.1, -0.05) is 37.3 Å². The molecule has 3 rings (SSSR count). The summed E-state index contributed by atoms with van der Waals surface area (Å²) in [5.74, 6) is 1.47. The molecule has 0 aliphatic rings. The Morgan fingerprint density at radius 1 is 1.04 bits per heavy atom. The highest BCUT2D eigenvalue weighted by molar-refractivity contribution is 5.91. The molecule has 130 valence electrons. The van der Waals surface area contributed by atoms with Gasteiger partial charge in [-0.3, -0.25) is 4.79 Å². The van der Waals surface area contributed by atoms with Crippen molar-refractivity contribution in [2.24, 2.45) is 0 Å². The first kappa shape index (κ1) is 17.0. The zero-order chi connectivity index (χ0) is 17.5. The molecule has 3 aromatic rings. The maximum absolute atomic E-state index is 12.0. The molecule has 0 saturated heterocycles. The predicted molar refractivity (Wildman–Crippen MR) is 97.9 cm³/mol. The molecule has 0 fully saturated rings. The van der Waals surface area contributed by atoms with Crippen molar-refractivity contribution in [1.82, 2.24) is 10.6 Å². The van der Waals surface area contributed by atoms with Crippen LogP contribution in [0, 0.1) is 0 Å². The van der Waals surface area contributed by atoms with Crippen molar-refractivity contribution in [3.63, 3.8) is 0 Å². The minimum absolute atomic E-state index is 0.213. The molecule has 1 amide bonds. The smallest absolute Gasteiger partial charge is 0.287 e. The third-order valence-electron chi connectivity index (χ3n) is 3.82. The molecule has 5 nitrogen and oxygen atoms in total. The second kappa shape index (κ2) is 8.35. The quantitative estimate of drug-likeness (QED) is 0.618. The van der Waals surface area contributed by atoms with E-state index in [9.17, 15) is 4.79 Å². The molecule has 0 bridgehead atoms. The number of furan rings is 1. The first-order chi connectivity index (χ1) is 12.3. The number of likely N-dealkylation sites (N-methyl/N-ethyl adjacent to an activating group) is 1. The average molecular weight is 338 g/mol. The number of ether oxygens (including phenoxy) is 1. The summed E-state index contributed by atoms with van der Waals surface area (Å²) in [6, 6.07) is 17.5. The van der Waals surface area contributed by atoms with Gasteiger partial charge < -0.3 is 19.8 Å². The highest BCUT2D eigenvalue weighted by Gasteiger charge is 2.11. The van der Waals surface area contributed by atoms with Crippen LogP contribution < -0.4 is 15.4 Å². The Morgan fingerprint density at radius 2 is 1.88 bits per heavy atom. The highest BCUT2D eigenvalue weighted by Crippen LogP contribution is 2.21. The molecule has 0 saturated carbocycles. The van der Waals surface area contributed by atoms with Crippen LogP contribution in [-0.2, 0) is 6.61 Å². The van der Waals surface area contributed by atoms with E-state index < -0.39 is 0 Å². The lowest BCUT2D eigenvalue weighted by Gasteiger charge is -2.06. The molecule has 25 heavy (non-hydrogen) atoms. The maximum Gasteiger partial charge on any atom is 0.287 e. The fraction of sp³-hybridized carbons (Fsp3) is 0.250. The second-order valence-corrected chi connectivity index (χ2v) is 5.67. The Labute approximate surface area is 147 Å². The first-order valence-electron chi connectivity index (χ1n) is 8.45. The number of rotatable bonds is 8. The van der Waals surface area contributed by atoms with Crippen LogP contribution in [0.5, 0.6) is 5.75 Å². The molecule has 0 spiro atoms. The van der Waals surface area contributed by atoms with Gasteiger partial charge >= 0.3 is 0 Å². The van der Waals surface area contributed by atoms with Crippen molar-refractivity contribution in [2.75, 3.05) is 19.6 Å². The van der Waals surface area contributed by atoms with Crippen LogP contribution in [0.1, 0.15) is 23.2 Å². The molecule has 2 aromatic carbocycles. The van der Waals surface area contributed by atoms with E-state index in [0.29, 0.717) is 18.1 Å². The van der Waals surface area contributed by atoms with Crippen LogP contribution in [-0.4, -0.2) is 25.5 Å². The minimum atomic E-state index is -0.213. The Balaban J connectivity index is 1.54. The summed E-state index contributed by atoms with van der Waals surface area (Å²) in [5, 5.41) is 8.25. The Morgan fingerprint density at radius 3 is 2.72 bits per heavy atom. The van der Waals surface area contributed by atoms with E-state index in [4.69, 9.17) is 9.15 Å². The lowest BCUT2D eigenvalue weighted by atomic mass is 10.1. The van der Waals surface area contributed by atoms with Crippen molar-refractivity contribution < 1.29 is 13.9 Å². The molecule has 0 aliphatic heterocycles. The molecular weight excluding hydrogens is 316 g/mol. The Bertz CT molecular complexity index is 842. The van der Waals surface area contributed by atoms with Crippen LogP contribution >= 0.6 is 0 Å².